The minimum atomic E-state index is 0.695. The Bertz CT molecular complexity index is 612. The molecule has 0 amide bonds. The highest BCUT2D eigenvalue weighted by molar-refractivity contribution is 5.76. The molecule has 100 valence electrons. The highest BCUT2D eigenvalue weighted by Crippen LogP contribution is 2.46. The lowest BCUT2D eigenvalue weighted by atomic mass is 10.3. The molecule has 1 saturated carbocycles. The van der Waals surface area contributed by atoms with Crippen LogP contribution >= 0.6 is 0 Å². The summed E-state index contributed by atoms with van der Waals surface area (Å²) in [6, 6.07) is 7.16. The number of methoxy groups -OCH3 is 1. The third kappa shape index (κ3) is 1.61. The van der Waals surface area contributed by atoms with Crippen LogP contribution in [-0.2, 0) is 0 Å². The summed E-state index contributed by atoms with van der Waals surface area (Å²) < 4.78 is 11.0. The monoisotopic (exact) mass is 259 g/mol. The van der Waals surface area contributed by atoms with Crippen molar-refractivity contribution in [3.05, 3.63) is 18.2 Å². The second-order valence-electron chi connectivity index (χ2n) is 5.38. The molecule has 1 aromatic carbocycles. The molecule has 1 aromatic heterocycles. The molecular formula is C14H17N3O2. The smallest absolute Gasteiger partial charge is 0.298 e. The van der Waals surface area contributed by atoms with Crippen LogP contribution in [0.15, 0.2) is 22.6 Å². The fraction of sp³-hybridized carbons (Fsp3) is 0.500. The number of piperidine rings is 1. The van der Waals surface area contributed by atoms with Crippen LogP contribution in [0.3, 0.4) is 0 Å². The Balaban J connectivity index is 1.59. The largest absolute Gasteiger partial charge is 0.497 e. The fourth-order valence-electron chi connectivity index (χ4n) is 3.27. The number of oxazole rings is 1. The van der Waals surface area contributed by atoms with Gasteiger partial charge in [0.1, 0.15) is 11.3 Å². The third-order valence-electron chi connectivity index (χ3n) is 4.38. The molecule has 1 aliphatic carbocycles. The molecule has 1 unspecified atom stereocenters. The summed E-state index contributed by atoms with van der Waals surface area (Å²) >= 11 is 0. The zero-order valence-electron chi connectivity index (χ0n) is 11.1. The van der Waals surface area contributed by atoms with E-state index in [0.717, 1.165) is 47.8 Å². The van der Waals surface area contributed by atoms with Crippen molar-refractivity contribution in [1.82, 2.24) is 10.3 Å². The number of nitrogens with zero attached hydrogens (tertiary/aromatic N) is 2. The molecule has 1 aliphatic heterocycles. The van der Waals surface area contributed by atoms with Gasteiger partial charge in [0.15, 0.2) is 5.58 Å². The summed E-state index contributed by atoms with van der Waals surface area (Å²) in [7, 11) is 3.70. The first-order chi connectivity index (χ1) is 9.30. The van der Waals surface area contributed by atoms with Gasteiger partial charge < -0.3 is 19.4 Å². The van der Waals surface area contributed by atoms with Crippen molar-refractivity contribution in [3.63, 3.8) is 0 Å². The second-order valence-corrected chi connectivity index (χ2v) is 5.38. The zero-order chi connectivity index (χ0) is 13.0. The first-order valence-corrected chi connectivity index (χ1v) is 6.67. The molecule has 5 heteroatoms. The Hall–Kier alpha value is -1.75. The molecule has 3 atom stereocenters. The molecule has 19 heavy (non-hydrogen) atoms. The molecule has 2 aliphatic rings. The number of nitrogens with one attached hydrogen (secondary N) is 1. The molecule has 0 radical (unpaired) electrons. The van der Waals surface area contributed by atoms with Gasteiger partial charge in [0.25, 0.3) is 6.01 Å². The summed E-state index contributed by atoms with van der Waals surface area (Å²) in [6.07, 6.45) is 0. The Kier molecular flexibility index (Phi) is 2.26. The van der Waals surface area contributed by atoms with E-state index in [-0.39, 0.29) is 0 Å². The summed E-state index contributed by atoms with van der Waals surface area (Å²) in [5, 5.41) is 3.36. The van der Waals surface area contributed by atoms with Crippen LogP contribution in [0.4, 0.5) is 6.01 Å². The number of anilines is 1. The van der Waals surface area contributed by atoms with Gasteiger partial charge in [-0.05, 0) is 31.0 Å². The maximum Gasteiger partial charge on any atom is 0.298 e. The van der Waals surface area contributed by atoms with Gasteiger partial charge in [-0.3, -0.25) is 0 Å². The number of ether oxygens (including phenoxy) is 1. The topological polar surface area (TPSA) is 50.5 Å². The van der Waals surface area contributed by atoms with E-state index in [1.54, 1.807) is 7.11 Å². The molecule has 2 heterocycles. The van der Waals surface area contributed by atoms with Gasteiger partial charge >= 0.3 is 0 Å². The Morgan fingerprint density at radius 3 is 2.84 bits per heavy atom. The standard InChI is InChI=1S/C14H17N3O2/c1-15-13-9-6-17(7-10(9)13)14-16-11-5-8(18-2)3-4-12(11)19-14/h3-5,9-10,13,15H,6-7H2,1-2H3/t9-,10+,13?. The summed E-state index contributed by atoms with van der Waals surface area (Å²) in [5.74, 6) is 2.33. The van der Waals surface area contributed by atoms with E-state index >= 15 is 0 Å². The van der Waals surface area contributed by atoms with Gasteiger partial charge in [-0.2, -0.15) is 4.98 Å². The van der Waals surface area contributed by atoms with Crippen molar-refractivity contribution in [2.75, 3.05) is 32.1 Å². The quantitative estimate of drug-likeness (QED) is 0.905. The van der Waals surface area contributed by atoms with Crippen LogP contribution in [0, 0.1) is 11.8 Å². The number of fused-ring (bicyclic) bond motifs is 2. The van der Waals surface area contributed by atoms with Crippen LogP contribution < -0.4 is 15.0 Å². The van der Waals surface area contributed by atoms with Crippen molar-refractivity contribution in [2.45, 2.75) is 6.04 Å². The van der Waals surface area contributed by atoms with E-state index in [9.17, 15) is 0 Å². The number of hydrogen-bond donors (Lipinski definition) is 1. The van der Waals surface area contributed by atoms with Gasteiger partial charge in [-0.25, -0.2) is 0 Å². The van der Waals surface area contributed by atoms with Gasteiger partial charge in [0.05, 0.1) is 7.11 Å². The van der Waals surface area contributed by atoms with Crippen molar-refractivity contribution in [3.8, 4) is 5.75 Å². The van der Waals surface area contributed by atoms with Crippen molar-refractivity contribution in [2.24, 2.45) is 11.8 Å². The number of hydrogen-bond acceptors (Lipinski definition) is 5. The molecule has 4 rings (SSSR count). The molecule has 0 spiro atoms. The summed E-state index contributed by atoms with van der Waals surface area (Å²) in [4.78, 5) is 6.81. The number of aromatic nitrogens is 1. The van der Waals surface area contributed by atoms with Gasteiger partial charge in [-0.15, -0.1) is 0 Å². The Morgan fingerprint density at radius 2 is 2.16 bits per heavy atom. The highest BCUT2D eigenvalue weighted by Gasteiger charge is 2.55. The molecule has 2 aromatic rings. The van der Waals surface area contributed by atoms with E-state index in [1.165, 1.54) is 0 Å². The summed E-state index contributed by atoms with van der Waals surface area (Å²) in [6.45, 7) is 2.08. The Labute approximate surface area is 111 Å². The first kappa shape index (κ1) is 11.1. The van der Waals surface area contributed by atoms with E-state index in [1.807, 2.05) is 25.2 Å². The molecule has 1 N–H and O–H groups in total. The van der Waals surface area contributed by atoms with Crippen LogP contribution in [0.25, 0.3) is 11.1 Å². The normalized spacial score (nSPS) is 28.7. The third-order valence-corrected chi connectivity index (χ3v) is 4.38. The van der Waals surface area contributed by atoms with Crippen molar-refractivity contribution < 1.29 is 9.15 Å². The predicted molar refractivity (Wildman–Crippen MR) is 72.6 cm³/mol. The van der Waals surface area contributed by atoms with E-state index < -0.39 is 0 Å². The average Bonchev–Trinajstić information content (AvgIpc) is 2.84. The van der Waals surface area contributed by atoms with Crippen molar-refractivity contribution >= 4 is 17.1 Å². The Morgan fingerprint density at radius 1 is 1.37 bits per heavy atom. The highest BCUT2D eigenvalue weighted by atomic mass is 16.5. The van der Waals surface area contributed by atoms with E-state index in [0.29, 0.717) is 6.04 Å². The molecule has 2 fully saturated rings. The zero-order valence-corrected chi connectivity index (χ0v) is 11.1. The minimum absolute atomic E-state index is 0.695. The fourth-order valence-corrected chi connectivity index (χ4v) is 3.27. The molecular weight excluding hydrogens is 242 g/mol. The minimum Gasteiger partial charge on any atom is -0.497 e. The van der Waals surface area contributed by atoms with Crippen LogP contribution in [0.1, 0.15) is 0 Å². The van der Waals surface area contributed by atoms with Crippen LogP contribution in [0.5, 0.6) is 5.75 Å². The predicted octanol–water partition coefficient (Wildman–Crippen LogP) is 1.49. The lowest BCUT2D eigenvalue weighted by Crippen LogP contribution is -2.29. The molecule has 0 bridgehead atoms. The molecule has 5 nitrogen and oxygen atoms in total. The second kappa shape index (κ2) is 3.87. The SMILES string of the molecule is CNC1[C@H]2CN(c3nc4cc(OC)ccc4o3)C[C@@H]12. The van der Waals surface area contributed by atoms with E-state index in [4.69, 9.17) is 9.15 Å². The number of rotatable bonds is 3. The van der Waals surface area contributed by atoms with Crippen molar-refractivity contribution in [1.29, 1.82) is 0 Å². The average molecular weight is 259 g/mol. The maximum absolute atomic E-state index is 5.83. The van der Waals surface area contributed by atoms with Crippen LogP contribution in [-0.4, -0.2) is 38.3 Å². The lowest BCUT2D eigenvalue weighted by Gasteiger charge is -2.16. The van der Waals surface area contributed by atoms with Gasteiger partial charge in [0, 0.05) is 25.2 Å². The van der Waals surface area contributed by atoms with Gasteiger partial charge in [0.2, 0.25) is 0 Å². The van der Waals surface area contributed by atoms with Gasteiger partial charge in [-0.1, -0.05) is 0 Å². The van der Waals surface area contributed by atoms with E-state index in [2.05, 4.69) is 15.2 Å². The van der Waals surface area contributed by atoms with Crippen LogP contribution in [0.2, 0.25) is 0 Å². The lowest BCUT2D eigenvalue weighted by molar-refractivity contribution is 0.415. The maximum atomic E-state index is 5.83. The molecule has 1 saturated heterocycles. The first-order valence-electron chi connectivity index (χ1n) is 6.67. The summed E-state index contributed by atoms with van der Waals surface area (Å²) in [5.41, 5.74) is 1.68. The number of benzene rings is 1.